The second-order valence-corrected chi connectivity index (χ2v) is 5.99. The van der Waals surface area contributed by atoms with Gasteiger partial charge >= 0.3 is 0 Å². The quantitative estimate of drug-likeness (QED) is 0.711. The highest BCUT2D eigenvalue weighted by Crippen LogP contribution is 2.35. The van der Waals surface area contributed by atoms with Crippen molar-refractivity contribution in [3.05, 3.63) is 11.6 Å². The van der Waals surface area contributed by atoms with E-state index in [0.717, 1.165) is 12.3 Å². The third-order valence-electron chi connectivity index (χ3n) is 4.04. The van der Waals surface area contributed by atoms with Crippen LogP contribution in [0.2, 0.25) is 0 Å². The highest BCUT2D eigenvalue weighted by molar-refractivity contribution is 4.93. The first-order chi connectivity index (χ1) is 7.50. The molecule has 0 spiro atoms. The molecular formula is C15H28O. The molecule has 4 atom stereocenters. The van der Waals surface area contributed by atoms with Gasteiger partial charge in [-0.05, 0) is 57.3 Å². The summed E-state index contributed by atoms with van der Waals surface area (Å²) in [4.78, 5) is 0. The third-order valence-corrected chi connectivity index (χ3v) is 4.04. The molecule has 1 fully saturated rings. The fourth-order valence-corrected chi connectivity index (χ4v) is 2.89. The Bertz CT molecular complexity index is 228. The largest absolute Gasteiger partial charge is 0.393 e. The van der Waals surface area contributed by atoms with Crippen LogP contribution in [0.15, 0.2) is 11.6 Å². The summed E-state index contributed by atoms with van der Waals surface area (Å²) < 4.78 is 0. The monoisotopic (exact) mass is 224 g/mol. The highest BCUT2D eigenvalue weighted by atomic mass is 16.3. The van der Waals surface area contributed by atoms with Crippen molar-refractivity contribution >= 4 is 0 Å². The molecule has 94 valence electrons. The Labute approximate surface area is 101 Å². The van der Waals surface area contributed by atoms with Crippen LogP contribution in [0.25, 0.3) is 0 Å². The summed E-state index contributed by atoms with van der Waals surface area (Å²) in [6.07, 6.45) is 8.19. The molecule has 0 radical (unpaired) electrons. The minimum absolute atomic E-state index is 0.0505. The number of aliphatic hydroxyl groups excluding tert-OH is 1. The van der Waals surface area contributed by atoms with Crippen molar-refractivity contribution in [2.75, 3.05) is 0 Å². The summed E-state index contributed by atoms with van der Waals surface area (Å²) in [7, 11) is 0. The number of allylic oxidation sites excluding steroid dienone is 2. The van der Waals surface area contributed by atoms with E-state index in [-0.39, 0.29) is 6.10 Å². The van der Waals surface area contributed by atoms with Crippen LogP contribution in [0.1, 0.15) is 59.8 Å². The Balaban J connectivity index is 2.35. The molecule has 16 heavy (non-hydrogen) atoms. The highest BCUT2D eigenvalue weighted by Gasteiger charge is 2.30. The predicted molar refractivity (Wildman–Crippen MR) is 70.3 cm³/mol. The number of aliphatic hydroxyl groups is 1. The lowest BCUT2D eigenvalue weighted by atomic mass is 9.74. The van der Waals surface area contributed by atoms with Crippen molar-refractivity contribution < 1.29 is 5.11 Å². The molecule has 0 aromatic heterocycles. The fourth-order valence-electron chi connectivity index (χ4n) is 2.89. The first kappa shape index (κ1) is 13.8. The van der Waals surface area contributed by atoms with Gasteiger partial charge in [0.25, 0.3) is 0 Å². The van der Waals surface area contributed by atoms with Gasteiger partial charge in [-0.25, -0.2) is 0 Å². The van der Waals surface area contributed by atoms with Gasteiger partial charge < -0.3 is 5.11 Å². The zero-order chi connectivity index (χ0) is 12.1. The molecule has 1 rings (SSSR count). The van der Waals surface area contributed by atoms with Crippen molar-refractivity contribution in [2.45, 2.75) is 65.9 Å². The standard InChI is InChI=1S/C15H28O/c1-11(2)6-5-7-13(4)14-9-8-12(3)10-15(14)16/h6,12-16H,5,7-10H2,1-4H3/t12-,13-,14+,15+/m1/s1. The Morgan fingerprint density at radius 3 is 2.62 bits per heavy atom. The average molecular weight is 224 g/mol. The SMILES string of the molecule is CC(C)=CCC[C@@H](C)[C@@H]1CC[C@@H](C)C[C@@H]1O. The summed E-state index contributed by atoms with van der Waals surface area (Å²) >= 11 is 0. The molecule has 0 aliphatic heterocycles. The number of hydrogen-bond acceptors (Lipinski definition) is 1. The molecule has 0 bridgehead atoms. The lowest BCUT2D eigenvalue weighted by Crippen LogP contribution is -2.32. The van der Waals surface area contributed by atoms with Crippen molar-refractivity contribution in [2.24, 2.45) is 17.8 Å². The smallest absolute Gasteiger partial charge is 0.0573 e. The van der Waals surface area contributed by atoms with Crippen LogP contribution in [-0.4, -0.2) is 11.2 Å². The van der Waals surface area contributed by atoms with Crippen molar-refractivity contribution in [3.8, 4) is 0 Å². The Morgan fingerprint density at radius 2 is 2.06 bits per heavy atom. The van der Waals surface area contributed by atoms with E-state index in [1.807, 2.05) is 0 Å². The average Bonchev–Trinajstić information content (AvgIpc) is 2.16. The van der Waals surface area contributed by atoms with E-state index >= 15 is 0 Å². The van der Waals surface area contributed by atoms with Gasteiger partial charge in [-0.15, -0.1) is 0 Å². The lowest BCUT2D eigenvalue weighted by Gasteiger charge is -2.35. The van der Waals surface area contributed by atoms with E-state index in [4.69, 9.17) is 0 Å². The maximum Gasteiger partial charge on any atom is 0.0573 e. The molecule has 1 nitrogen and oxygen atoms in total. The van der Waals surface area contributed by atoms with E-state index in [9.17, 15) is 5.11 Å². The predicted octanol–water partition coefficient (Wildman–Crippen LogP) is 4.17. The second kappa shape index (κ2) is 6.44. The maximum atomic E-state index is 10.1. The zero-order valence-corrected chi connectivity index (χ0v) is 11.4. The molecule has 0 amide bonds. The molecule has 1 aliphatic carbocycles. The van der Waals surface area contributed by atoms with Crippen LogP contribution >= 0.6 is 0 Å². The normalized spacial score (nSPS) is 32.2. The summed E-state index contributed by atoms with van der Waals surface area (Å²) in [5.41, 5.74) is 1.41. The van der Waals surface area contributed by atoms with Gasteiger partial charge in [-0.1, -0.05) is 31.9 Å². The third kappa shape index (κ3) is 4.29. The number of rotatable bonds is 4. The first-order valence-electron chi connectivity index (χ1n) is 6.82. The molecule has 0 aromatic carbocycles. The minimum atomic E-state index is -0.0505. The fraction of sp³-hybridized carbons (Fsp3) is 0.867. The Morgan fingerprint density at radius 1 is 1.38 bits per heavy atom. The van der Waals surface area contributed by atoms with Gasteiger partial charge in [-0.2, -0.15) is 0 Å². The van der Waals surface area contributed by atoms with Gasteiger partial charge in [0, 0.05) is 0 Å². The molecule has 1 heteroatoms. The molecule has 0 saturated heterocycles. The number of hydrogen-bond donors (Lipinski definition) is 1. The molecule has 1 saturated carbocycles. The second-order valence-electron chi connectivity index (χ2n) is 5.99. The van der Waals surface area contributed by atoms with Crippen molar-refractivity contribution in [1.29, 1.82) is 0 Å². The molecule has 1 aliphatic rings. The summed E-state index contributed by atoms with van der Waals surface area (Å²) in [5.74, 6) is 1.93. The lowest BCUT2D eigenvalue weighted by molar-refractivity contribution is 0.0208. The van der Waals surface area contributed by atoms with Crippen LogP contribution in [0, 0.1) is 17.8 Å². The summed E-state index contributed by atoms with van der Waals surface area (Å²) in [6.45, 7) is 8.87. The van der Waals surface area contributed by atoms with Gasteiger partial charge in [-0.3, -0.25) is 0 Å². The summed E-state index contributed by atoms with van der Waals surface area (Å²) in [6, 6.07) is 0. The van der Waals surface area contributed by atoms with E-state index < -0.39 is 0 Å². The molecule has 0 unspecified atom stereocenters. The first-order valence-corrected chi connectivity index (χ1v) is 6.82. The minimum Gasteiger partial charge on any atom is -0.393 e. The molecule has 1 N–H and O–H groups in total. The maximum absolute atomic E-state index is 10.1. The van der Waals surface area contributed by atoms with Gasteiger partial charge in [0.1, 0.15) is 0 Å². The van der Waals surface area contributed by atoms with Gasteiger partial charge in [0.05, 0.1) is 6.10 Å². The van der Waals surface area contributed by atoms with E-state index in [2.05, 4.69) is 33.8 Å². The Kier molecular flexibility index (Phi) is 5.54. The van der Waals surface area contributed by atoms with Crippen LogP contribution < -0.4 is 0 Å². The van der Waals surface area contributed by atoms with Gasteiger partial charge in [0.2, 0.25) is 0 Å². The van der Waals surface area contributed by atoms with E-state index in [0.29, 0.717) is 11.8 Å². The molecule has 0 aromatic rings. The van der Waals surface area contributed by atoms with Crippen LogP contribution in [0.5, 0.6) is 0 Å². The summed E-state index contributed by atoms with van der Waals surface area (Å²) in [5, 5.41) is 10.1. The van der Waals surface area contributed by atoms with E-state index in [1.165, 1.54) is 31.3 Å². The van der Waals surface area contributed by atoms with Crippen LogP contribution in [0.4, 0.5) is 0 Å². The zero-order valence-electron chi connectivity index (χ0n) is 11.4. The molecular weight excluding hydrogens is 196 g/mol. The van der Waals surface area contributed by atoms with E-state index in [1.54, 1.807) is 0 Å². The topological polar surface area (TPSA) is 20.2 Å². The van der Waals surface area contributed by atoms with Crippen LogP contribution in [-0.2, 0) is 0 Å². The molecule has 0 heterocycles. The van der Waals surface area contributed by atoms with Gasteiger partial charge in [0.15, 0.2) is 0 Å². The Hall–Kier alpha value is -0.300. The van der Waals surface area contributed by atoms with Crippen molar-refractivity contribution in [3.63, 3.8) is 0 Å². The van der Waals surface area contributed by atoms with Crippen molar-refractivity contribution in [1.82, 2.24) is 0 Å². The van der Waals surface area contributed by atoms with Crippen LogP contribution in [0.3, 0.4) is 0 Å².